The largest absolute Gasteiger partial charge is 0.356 e. The molecule has 0 bridgehead atoms. The van der Waals surface area contributed by atoms with Crippen LogP contribution in [0.2, 0.25) is 0 Å². The van der Waals surface area contributed by atoms with Crippen LogP contribution in [0.3, 0.4) is 0 Å². The van der Waals surface area contributed by atoms with Gasteiger partial charge in [0.15, 0.2) is 11.4 Å². The number of anilines is 2. The highest BCUT2D eigenvalue weighted by Gasteiger charge is 2.22. The molecule has 0 atom stereocenters. The molecule has 2 aromatic heterocycles. The molecular weight excluding hydrogens is 366 g/mol. The molecular formula is C22H23N5O2. The van der Waals surface area contributed by atoms with Crippen LogP contribution >= 0.6 is 0 Å². The van der Waals surface area contributed by atoms with Crippen LogP contribution in [-0.2, 0) is 0 Å². The van der Waals surface area contributed by atoms with Crippen LogP contribution in [0.5, 0.6) is 0 Å². The van der Waals surface area contributed by atoms with Gasteiger partial charge < -0.3 is 10.2 Å². The zero-order chi connectivity index (χ0) is 20.5. The quantitative estimate of drug-likeness (QED) is 0.685. The first-order valence-corrected chi connectivity index (χ1v) is 9.75. The molecule has 1 saturated heterocycles. The normalized spacial score (nSPS) is 13.7. The Bertz CT molecular complexity index is 1120. The average Bonchev–Trinajstić information content (AvgIpc) is 3.21. The van der Waals surface area contributed by atoms with Crippen molar-refractivity contribution in [2.45, 2.75) is 33.6 Å². The summed E-state index contributed by atoms with van der Waals surface area (Å²) in [5, 5.41) is 3.70. The van der Waals surface area contributed by atoms with Gasteiger partial charge in [0, 0.05) is 30.0 Å². The van der Waals surface area contributed by atoms with Gasteiger partial charge in [-0.25, -0.2) is 15.0 Å². The Balaban J connectivity index is 1.76. The lowest BCUT2D eigenvalue weighted by Crippen LogP contribution is -2.23. The van der Waals surface area contributed by atoms with Crippen LogP contribution in [0.1, 0.15) is 52.0 Å². The maximum absolute atomic E-state index is 12.9. The van der Waals surface area contributed by atoms with E-state index < -0.39 is 5.91 Å². The van der Waals surface area contributed by atoms with Crippen molar-refractivity contribution < 1.29 is 9.59 Å². The van der Waals surface area contributed by atoms with Crippen molar-refractivity contribution in [1.29, 1.82) is 0 Å². The second kappa shape index (κ2) is 7.58. The minimum atomic E-state index is -0.422. The summed E-state index contributed by atoms with van der Waals surface area (Å²) < 4.78 is 0. The van der Waals surface area contributed by atoms with E-state index in [1.165, 1.54) is 6.92 Å². The summed E-state index contributed by atoms with van der Waals surface area (Å²) in [7, 11) is 0. The summed E-state index contributed by atoms with van der Waals surface area (Å²) in [6.07, 6.45) is 2.20. The smallest absolute Gasteiger partial charge is 0.293 e. The maximum Gasteiger partial charge on any atom is 0.293 e. The van der Waals surface area contributed by atoms with Gasteiger partial charge in [-0.3, -0.25) is 9.59 Å². The summed E-state index contributed by atoms with van der Waals surface area (Å²) in [6, 6.07) is 8.84. The lowest BCUT2D eigenvalue weighted by atomic mass is 10.1. The van der Waals surface area contributed by atoms with Gasteiger partial charge in [-0.1, -0.05) is 12.1 Å². The predicted molar refractivity (Wildman–Crippen MR) is 113 cm³/mol. The molecule has 0 aliphatic carbocycles. The van der Waals surface area contributed by atoms with E-state index >= 15 is 0 Å². The second-order valence-electron chi connectivity index (χ2n) is 7.44. The molecule has 1 aliphatic heterocycles. The molecule has 148 valence electrons. The average molecular weight is 389 g/mol. The zero-order valence-corrected chi connectivity index (χ0v) is 16.8. The van der Waals surface area contributed by atoms with E-state index in [4.69, 9.17) is 0 Å². The third kappa shape index (κ3) is 3.81. The van der Waals surface area contributed by atoms with Crippen LogP contribution in [0, 0.1) is 13.8 Å². The Hall–Kier alpha value is -3.35. The van der Waals surface area contributed by atoms with Crippen LogP contribution in [0.15, 0.2) is 30.3 Å². The van der Waals surface area contributed by atoms with Gasteiger partial charge in [-0.15, -0.1) is 0 Å². The van der Waals surface area contributed by atoms with Crippen molar-refractivity contribution in [3.63, 3.8) is 0 Å². The number of rotatable bonds is 4. The van der Waals surface area contributed by atoms with Gasteiger partial charge in [-0.05, 0) is 57.4 Å². The first-order chi connectivity index (χ1) is 13.9. The summed E-state index contributed by atoms with van der Waals surface area (Å²) >= 11 is 0. The standard InChI is InChI=1S/C22H23N5O2/c1-13-11-14(2)23-19-18(13)21(27-9-4-5-10-27)26-20(25-19)22(29)24-17-8-6-7-16(12-17)15(3)28/h6-8,11-12H,4-5,9-10H2,1-3H3,(H,24,29). The van der Waals surface area contributed by atoms with Crippen molar-refractivity contribution in [1.82, 2.24) is 15.0 Å². The van der Waals surface area contributed by atoms with Crippen LogP contribution in [-0.4, -0.2) is 39.7 Å². The molecule has 0 spiro atoms. The van der Waals surface area contributed by atoms with E-state index in [9.17, 15) is 9.59 Å². The number of benzene rings is 1. The van der Waals surface area contributed by atoms with Crippen LogP contribution in [0.25, 0.3) is 11.0 Å². The van der Waals surface area contributed by atoms with E-state index in [0.717, 1.165) is 48.4 Å². The zero-order valence-electron chi connectivity index (χ0n) is 16.8. The number of Topliss-reactive ketones (excluding diaryl/α,β-unsaturated/α-hetero) is 1. The van der Waals surface area contributed by atoms with Gasteiger partial charge in [-0.2, -0.15) is 0 Å². The topological polar surface area (TPSA) is 88.1 Å². The third-order valence-corrected chi connectivity index (χ3v) is 5.11. The fourth-order valence-electron chi connectivity index (χ4n) is 3.72. The van der Waals surface area contributed by atoms with Gasteiger partial charge in [0.25, 0.3) is 5.91 Å². The van der Waals surface area contributed by atoms with E-state index in [0.29, 0.717) is 16.9 Å². The fourth-order valence-corrected chi connectivity index (χ4v) is 3.72. The van der Waals surface area contributed by atoms with Crippen molar-refractivity contribution in [2.24, 2.45) is 0 Å². The summed E-state index contributed by atoms with van der Waals surface area (Å²) in [5.41, 5.74) is 3.49. The molecule has 4 rings (SSSR count). The summed E-state index contributed by atoms with van der Waals surface area (Å²) in [5.74, 6) is 0.355. The second-order valence-corrected chi connectivity index (χ2v) is 7.44. The number of aryl methyl sites for hydroxylation is 2. The molecule has 7 nitrogen and oxygen atoms in total. The molecule has 1 fully saturated rings. The van der Waals surface area contributed by atoms with Crippen molar-refractivity contribution in [3.05, 3.63) is 53.0 Å². The number of aromatic nitrogens is 3. The number of nitrogens with one attached hydrogen (secondary N) is 1. The van der Waals surface area contributed by atoms with Gasteiger partial charge in [0.2, 0.25) is 5.82 Å². The first-order valence-electron chi connectivity index (χ1n) is 9.75. The Morgan fingerprint density at radius 3 is 2.52 bits per heavy atom. The molecule has 0 radical (unpaired) electrons. The molecule has 7 heteroatoms. The Labute approximate surface area is 169 Å². The number of hydrogen-bond donors (Lipinski definition) is 1. The van der Waals surface area contributed by atoms with Crippen LogP contribution < -0.4 is 10.2 Å². The van der Waals surface area contributed by atoms with E-state index in [1.807, 2.05) is 19.9 Å². The lowest BCUT2D eigenvalue weighted by molar-refractivity contribution is 0.100. The molecule has 1 aliphatic rings. The SMILES string of the molecule is CC(=O)c1cccc(NC(=O)c2nc(N3CCCC3)c3c(C)cc(C)nc3n2)c1. The molecule has 1 amide bonds. The molecule has 3 heterocycles. The highest BCUT2D eigenvalue weighted by atomic mass is 16.2. The maximum atomic E-state index is 12.9. The number of pyridine rings is 1. The van der Waals surface area contributed by atoms with Crippen molar-refractivity contribution in [3.8, 4) is 0 Å². The number of hydrogen-bond acceptors (Lipinski definition) is 6. The van der Waals surface area contributed by atoms with E-state index in [1.54, 1.807) is 24.3 Å². The molecule has 29 heavy (non-hydrogen) atoms. The summed E-state index contributed by atoms with van der Waals surface area (Å²) in [4.78, 5) is 40.3. The number of carbonyl (C=O) groups is 2. The minimum absolute atomic E-state index is 0.0606. The first kappa shape index (κ1) is 19.0. The van der Waals surface area contributed by atoms with Gasteiger partial charge >= 0.3 is 0 Å². The molecule has 0 unspecified atom stereocenters. The Kier molecular flexibility index (Phi) is 4.96. The Morgan fingerprint density at radius 1 is 1.03 bits per heavy atom. The van der Waals surface area contributed by atoms with Crippen molar-refractivity contribution in [2.75, 3.05) is 23.3 Å². The molecule has 3 aromatic rings. The fraction of sp³-hybridized carbons (Fsp3) is 0.318. The predicted octanol–water partition coefficient (Wildman–Crippen LogP) is 3.70. The number of carbonyl (C=O) groups excluding carboxylic acids is 2. The van der Waals surface area contributed by atoms with Gasteiger partial charge in [0.1, 0.15) is 5.82 Å². The van der Waals surface area contributed by atoms with E-state index in [-0.39, 0.29) is 11.6 Å². The molecule has 1 N–H and O–H groups in total. The number of nitrogens with zero attached hydrogens (tertiary/aromatic N) is 4. The number of fused-ring (bicyclic) bond motifs is 1. The van der Waals surface area contributed by atoms with E-state index in [2.05, 4.69) is 25.2 Å². The number of ketones is 1. The molecule has 0 saturated carbocycles. The third-order valence-electron chi connectivity index (χ3n) is 5.11. The summed E-state index contributed by atoms with van der Waals surface area (Å²) in [6.45, 7) is 7.23. The van der Waals surface area contributed by atoms with Crippen LogP contribution in [0.4, 0.5) is 11.5 Å². The highest BCUT2D eigenvalue weighted by molar-refractivity contribution is 6.04. The molecule has 1 aromatic carbocycles. The minimum Gasteiger partial charge on any atom is -0.356 e. The highest BCUT2D eigenvalue weighted by Crippen LogP contribution is 2.29. The van der Waals surface area contributed by atoms with Gasteiger partial charge in [0.05, 0.1) is 5.39 Å². The lowest BCUT2D eigenvalue weighted by Gasteiger charge is -2.20. The monoisotopic (exact) mass is 389 g/mol. The van der Waals surface area contributed by atoms with Crippen molar-refractivity contribution >= 4 is 34.2 Å². The Morgan fingerprint density at radius 2 is 1.79 bits per heavy atom. The number of amides is 1.